The maximum absolute atomic E-state index is 12.1. The Morgan fingerprint density at radius 1 is 1.38 bits per heavy atom. The Hall–Kier alpha value is -2.09. The van der Waals surface area contributed by atoms with Crippen molar-refractivity contribution in [3.63, 3.8) is 0 Å². The number of nitrogens with zero attached hydrogens (tertiary/aromatic N) is 3. The summed E-state index contributed by atoms with van der Waals surface area (Å²) in [5, 5.41) is 12.4. The molecular formula is C16H20N4O. The van der Waals surface area contributed by atoms with Crippen LogP contribution in [-0.2, 0) is 4.79 Å². The van der Waals surface area contributed by atoms with Gasteiger partial charge in [0.2, 0.25) is 5.91 Å². The van der Waals surface area contributed by atoms with Crippen molar-refractivity contribution in [1.29, 1.82) is 5.26 Å². The fourth-order valence-electron chi connectivity index (χ4n) is 3.04. The maximum atomic E-state index is 12.1. The Labute approximate surface area is 125 Å². The van der Waals surface area contributed by atoms with Crippen LogP contribution in [0.1, 0.15) is 37.7 Å². The van der Waals surface area contributed by atoms with E-state index in [1.807, 2.05) is 0 Å². The zero-order valence-electron chi connectivity index (χ0n) is 12.1. The van der Waals surface area contributed by atoms with Gasteiger partial charge < -0.3 is 10.2 Å². The van der Waals surface area contributed by atoms with Crippen molar-refractivity contribution in [2.24, 2.45) is 5.92 Å². The van der Waals surface area contributed by atoms with E-state index >= 15 is 0 Å². The third-order valence-electron chi connectivity index (χ3n) is 4.50. The molecule has 0 radical (unpaired) electrons. The zero-order chi connectivity index (χ0) is 14.7. The fourth-order valence-corrected chi connectivity index (χ4v) is 3.04. The molecule has 21 heavy (non-hydrogen) atoms. The van der Waals surface area contributed by atoms with Gasteiger partial charge in [0.05, 0.1) is 17.4 Å². The second-order valence-electron chi connectivity index (χ2n) is 5.93. The molecule has 5 nitrogen and oxygen atoms in total. The number of nitrogens with one attached hydrogen (secondary N) is 1. The van der Waals surface area contributed by atoms with E-state index in [1.54, 1.807) is 18.5 Å². The highest BCUT2D eigenvalue weighted by atomic mass is 16.2. The first kappa shape index (κ1) is 13.9. The molecule has 0 bridgehead atoms. The highest BCUT2D eigenvalue weighted by Gasteiger charge is 2.29. The molecule has 5 heteroatoms. The summed E-state index contributed by atoms with van der Waals surface area (Å²) in [6.07, 6.45) is 8.66. The molecule has 2 fully saturated rings. The lowest BCUT2D eigenvalue weighted by molar-refractivity contribution is -0.128. The molecule has 1 amide bonds. The molecule has 110 valence electrons. The van der Waals surface area contributed by atoms with Gasteiger partial charge in [-0.2, -0.15) is 5.26 Å². The van der Waals surface area contributed by atoms with Crippen molar-refractivity contribution in [2.75, 3.05) is 18.0 Å². The second-order valence-corrected chi connectivity index (χ2v) is 5.93. The molecule has 1 aliphatic carbocycles. The first-order valence-corrected chi connectivity index (χ1v) is 7.67. The number of hydrogen-bond acceptors (Lipinski definition) is 4. The Balaban J connectivity index is 1.65. The van der Waals surface area contributed by atoms with E-state index in [4.69, 9.17) is 0 Å². The smallest absolute Gasteiger partial charge is 0.223 e. The molecule has 1 unspecified atom stereocenters. The number of carbonyl (C=O) groups excluding carboxylic acids is 1. The summed E-state index contributed by atoms with van der Waals surface area (Å²) in [6.45, 7) is 1.68. The SMILES string of the molecule is N#Cc1ccncc1N1CCCC(NC(=O)C2CCC2)C1. The lowest BCUT2D eigenvalue weighted by Gasteiger charge is -2.36. The van der Waals surface area contributed by atoms with Gasteiger partial charge in [0.25, 0.3) is 0 Å². The van der Waals surface area contributed by atoms with Crippen LogP contribution in [0, 0.1) is 17.2 Å². The van der Waals surface area contributed by atoms with E-state index in [2.05, 4.69) is 21.3 Å². The van der Waals surface area contributed by atoms with Gasteiger partial charge in [-0.25, -0.2) is 0 Å². The van der Waals surface area contributed by atoms with E-state index in [0.717, 1.165) is 44.5 Å². The molecule has 3 rings (SSSR count). The molecule has 1 aromatic rings. The second kappa shape index (κ2) is 6.13. The Morgan fingerprint density at radius 2 is 2.24 bits per heavy atom. The number of pyridine rings is 1. The number of rotatable bonds is 3. The monoisotopic (exact) mass is 284 g/mol. The summed E-state index contributed by atoms with van der Waals surface area (Å²) < 4.78 is 0. The average molecular weight is 284 g/mol. The van der Waals surface area contributed by atoms with Gasteiger partial charge >= 0.3 is 0 Å². The topological polar surface area (TPSA) is 69.0 Å². The van der Waals surface area contributed by atoms with E-state index in [9.17, 15) is 10.1 Å². The molecule has 2 heterocycles. The summed E-state index contributed by atoms with van der Waals surface area (Å²) >= 11 is 0. The minimum absolute atomic E-state index is 0.179. The highest BCUT2D eigenvalue weighted by Crippen LogP contribution is 2.27. The van der Waals surface area contributed by atoms with Gasteiger partial charge in [-0.05, 0) is 31.7 Å². The van der Waals surface area contributed by atoms with E-state index < -0.39 is 0 Å². The largest absolute Gasteiger partial charge is 0.367 e. The number of carbonyl (C=O) groups is 1. The van der Waals surface area contributed by atoms with Crippen LogP contribution >= 0.6 is 0 Å². The molecule has 1 saturated carbocycles. The third kappa shape index (κ3) is 2.99. The van der Waals surface area contributed by atoms with Gasteiger partial charge in [0.15, 0.2) is 0 Å². The van der Waals surface area contributed by atoms with Crippen LogP contribution in [0.25, 0.3) is 0 Å². The van der Waals surface area contributed by atoms with Crippen LogP contribution in [-0.4, -0.2) is 30.0 Å². The molecule has 1 N–H and O–H groups in total. The number of hydrogen-bond donors (Lipinski definition) is 1. The minimum Gasteiger partial charge on any atom is -0.367 e. The van der Waals surface area contributed by atoms with Crippen LogP contribution in [0.15, 0.2) is 18.5 Å². The van der Waals surface area contributed by atoms with Gasteiger partial charge in [0, 0.05) is 31.2 Å². The van der Waals surface area contributed by atoms with Crippen molar-refractivity contribution in [3.05, 3.63) is 24.0 Å². The summed E-state index contributed by atoms with van der Waals surface area (Å²) in [7, 11) is 0. The van der Waals surface area contributed by atoms with E-state index in [1.165, 1.54) is 6.42 Å². The number of anilines is 1. The van der Waals surface area contributed by atoms with Crippen molar-refractivity contribution >= 4 is 11.6 Å². The molecule has 0 spiro atoms. The lowest BCUT2D eigenvalue weighted by Crippen LogP contribution is -2.50. The molecule has 0 aromatic carbocycles. The predicted octanol–water partition coefficient (Wildman–Crippen LogP) is 1.84. The lowest BCUT2D eigenvalue weighted by atomic mass is 9.84. The molecule has 2 aliphatic rings. The van der Waals surface area contributed by atoms with Gasteiger partial charge in [-0.15, -0.1) is 0 Å². The predicted molar refractivity (Wildman–Crippen MR) is 79.7 cm³/mol. The van der Waals surface area contributed by atoms with Crippen LogP contribution < -0.4 is 10.2 Å². The van der Waals surface area contributed by atoms with Gasteiger partial charge in [0.1, 0.15) is 6.07 Å². The van der Waals surface area contributed by atoms with E-state index in [-0.39, 0.29) is 17.9 Å². The average Bonchev–Trinajstić information content (AvgIpc) is 2.45. The Kier molecular flexibility index (Phi) is 4.05. The van der Waals surface area contributed by atoms with E-state index in [0.29, 0.717) is 5.56 Å². The standard InChI is InChI=1S/C16H20N4O/c17-9-13-6-7-18-10-15(13)20-8-2-5-14(11-20)19-16(21)12-3-1-4-12/h6-7,10,12,14H,1-5,8,11H2,(H,19,21). The first-order valence-electron chi connectivity index (χ1n) is 7.67. The Morgan fingerprint density at radius 3 is 2.95 bits per heavy atom. The highest BCUT2D eigenvalue weighted by molar-refractivity contribution is 5.79. The molecule has 1 atom stereocenters. The number of amides is 1. The van der Waals surface area contributed by atoms with Crippen molar-refractivity contribution in [1.82, 2.24) is 10.3 Å². The quantitative estimate of drug-likeness (QED) is 0.919. The number of aromatic nitrogens is 1. The Bertz CT molecular complexity index is 562. The van der Waals surface area contributed by atoms with Gasteiger partial charge in [-0.3, -0.25) is 9.78 Å². The molecular weight excluding hydrogens is 264 g/mol. The molecule has 1 aromatic heterocycles. The normalized spacial score (nSPS) is 22.2. The van der Waals surface area contributed by atoms with Crippen molar-refractivity contribution in [2.45, 2.75) is 38.1 Å². The van der Waals surface area contributed by atoms with Crippen molar-refractivity contribution in [3.8, 4) is 6.07 Å². The van der Waals surface area contributed by atoms with Crippen LogP contribution in [0.3, 0.4) is 0 Å². The first-order chi connectivity index (χ1) is 10.3. The van der Waals surface area contributed by atoms with Crippen molar-refractivity contribution < 1.29 is 4.79 Å². The number of nitriles is 1. The maximum Gasteiger partial charge on any atom is 0.223 e. The minimum atomic E-state index is 0.179. The summed E-state index contributed by atoms with van der Waals surface area (Å²) in [5.41, 5.74) is 1.53. The third-order valence-corrected chi connectivity index (χ3v) is 4.50. The molecule has 1 aliphatic heterocycles. The van der Waals surface area contributed by atoms with Crippen LogP contribution in [0.4, 0.5) is 5.69 Å². The number of piperidine rings is 1. The molecule has 1 saturated heterocycles. The fraction of sp³-hybridized carbons (Fsp3) is 0.562. The summed E-state index contributed by atoms with van der Waals surface area (Å²) in [4.78, 5) is 18.4. The van der Waals surface area contributed by atoms with Gasteiger partial charge in [-0.1, -0.05) is 6.42 Å². The zero-order valence-corrected chi connectivity index (χ0v) is 12.1. The summed E-state index contributed by atoms with van der Waals surface area (Å²) in [5.74, 6) is 0.438. The summed E-state index contributed by atoms with van der Waals surface area (Å²) in [6, 6.07) is 4.14. The van der Waals surface area contributed by atoms with Crippen LogP contribution in [0.5, 0.6) is 0 Å². The van der Waals surface area contributed by atoms with Crippen LogP contribution in [0.2, 0.25) is 0 Å².